The fourth-order valence-electron chi connectivity index (χ4n) is 6.70. The molecule has 14 nitrogen and oxygen atoms in total. The highest BCUT2D eigenvalue weighted by molar-refractivity contribution is 6.01. The van der Waals surface area contributed by atoms with E-state index in [1.165, 1.54) is 0 Å². The molecule has 49 heavy (non-hydrogen) atoms. The Bertz CT molecular complexity index is 1960. The summed E-state index contributed by atoms with van der Waals surface area (Å²) in [7, 11) is 3.60. The largest absolute Gasteiger partial charge is 0.364 e. The van der Waals surface area contributed by atoms with Crippen molar-refractivity contribution in [1.29, 1.82) is 0 Å². The molecule has 3 fully saturated rings. The first-order valence-electron chi connectivity index (χ1n) is 16.9. The second-order valence-electron chi connectivity index (χ2n) is 13.4. The van der Waals surface area contributed by atoms with E-state index in [2.05, 4.69) is 71.0 Å². The summed E-state index contributed by atoms with van der Waals surface area (Å²) in [6, 6.07) is 13.9. The zero-order valence-electron chi connectivity index (χ0n) is 27.7. The molecule has 2 aliphatic carbocycles. The Morgan fingerprint density at radius 2 is 1.73 bits per heavy atom. The van der Waals surface area contributed by atoms with Gasteiger partial charge >= 0.3 is 0 Å². The molecule has 1 aromatic carbocycles. The van der Waals surface area contributed by atoms with Gasteiger partial charge in [0.15, 0.2) is 11.5 Å². The number of pyridine rings is 1. The maximum Gasteiger partial charge on any atom is 0.273 e. The lowest BCUT2D eigenvalue weighted by atomic mass is 9.93. The molecule has 0 bridgehead atoms. The summed E-state index contributed by atoms with van der Waals surface area (Å²) in [4.78, 5) is 46.9. The van der Waals surface area contributed by atoms with Crippen LogP contribution in [0.5, 0.6) is 0 Å². The fourth-order valence-corrected chi connectivity index (χ4v) is 6.70. The number of rotatable bonds is 10. The first kappa shape index (κ1) is 30.9. The lowest BCUT2D eigenvalue weighted by Crippen LogP contribution is -2.48. The van der Waals surface area contributed by atoms with E-state index < -0.39 is 0 Å². The summed E-state index contributed by atoms with van der Waals surface area (Å²) in [5, 5.41) is 25.1. The van der Waals surface area contributed by atoms with E-state index >= 15 is 0 Å². The van der Waals surface area contributed by atoms with E-state index in [0.29, 0.717) is 29.8 Å². The minimum absolute atomic E-state index is 0.00584. The average Bonchev–Trinajstić information content (AvgIpc) is 4.03. The molecule has 4 N–H and O–H groups in total. The van der Waals surface area contributed by atoms with Gasteiger partial charge in [-0.15, -0.1) is 10.2 Å². The SMILES string of the molecule is CNC(=O)c1nnc(NC(=O)C2CC2)cc1Nc1cccc2c1N(C)C(C)c1c-2cnn1C1CN(Cc2cccc(C(=O)NC3CC3)n2)C1. The van der Waals surface area contributed by atoms with Crippen LogP contribution in [0.25, 0.3) is 11.1 Å². The molecule has 2 aliphatic heterocycles. The molecule has 252 valence electrons. The maximum absolute atomic E-state index is 12.8. The second kappa shape index (κ2) is 12.3. The second-order valence-corrected chi connectivity index (χ2v) is 13.4. The summed E-state index contributed by atoms with van der Waals surface area (Å²) in [6.45, 7) is 4.50. The molecule has 4 aliphatic rings. The van der Waals surface area contributed by atoms with Gasteiger partial charge in [0.2, 0.25) is 5.91 Å². The van der Waals surface area contributed by atoms with Crippen molar-refractivity contribution < 1.29 is 14.4 Å². The third-order valence-electron chi connectivity index (χ3n) is 9.82. The van der Waals surface area contributed by atoms with Crippen molar-refractivity contribution >= 4 is 40.6 Å². The number of nitrogens with one attached hydrogen (secondary N) is 4. The lowest BCUT2D eigenvalue weighted by Gasteiger charge is -2.42. The number of aromatic nitrogens is 5. The van der Waals surface area contributed by atoms with Crippen molar-refractivity contribution in [1.82, 2.24) is 40.5 Å². The Balaban J connectivity index is 1.02. The Kier molecular flexibility index (Phi) is 7.74. The van der Waals surface area contributed by atoms with Gasteiger partial charge in [0, 0.05) is 62.9 Å². The highest BCUT2D eigenvalue weighted by Gasteiger charge is 2.37. The number of anilines is 4. The smallest absolute Gasteiger partial charge is 0.273 e. The van der Waals surface area contributed by atoms with Gasteiger partial charge < -0.3 is 26.2 Å². The van der Waals surface area contributed by atoms with Gasteiger partial charge in [-0.2, -0.15) is 5.10 Å². The molecule has 0 radical (unpaired) electrons. The van der Waals surface area contributed by atoms with Gasteiger partial charge in [-0.1, -0.05) is 18.2 Å². The quantitative estimate of drug-likeness (QED) is 0.197. The number of amides is 3. The molecule has 1 atom stereocenters. The zero-order valence-corrected chi connectivity index (χ0v) is 27.7. The maximum atomic E-state index is 12.8. The molecular formula is C35H39N11O3. The van der Waals surface area contributed by atoms with Crippen LogP contribution in [0.4, 0.5) is 22.9 Å². The van der Waals surface area contributed by atoms with Gasteiger partial charge in [-0.3, -0.25) is 24.0 Å². The Hall–Kier alpha value is -5.37. The Morgan fingerprint density at radius 1 is 0.939 bits per heavy atom. The lowest BCUT2D eigenvalue weighted by molar-refractivity contribution is -0.117. The molecule has 14 heteroatoms. The minimum atomic E-state index is -0.387. The van der Waals surface area contributed by atoms with Crippen LogP contribution < -0.4 is 26.2 Å². The topological polar surface area (TPSA) is 162 Å². The van der Waals surface area contributed by atoms with Gasteiger partial charge in [0.05, 0.1) is 46.7 Å². The number of hydrogen-bond acceptors (Lipinski definition) is 10. The van der Waals surface area contributed by atoms with Gasteiger partial charge in [0.1, 0.15) is 5.69 Å². The molecule has 8 rings (SSSR count). The van der Waals surface area contributed by atoms with Crippen LogP contribution >= 0.6 is 0 Å². The molecule has 1 unspecified atom stereocenters. The summed E-state index contributed by atoms with van der Waals surface area (Å²) in [5.74, 6) is -0.276. The highest BCUT2D eigenvalue weighted by Crippen LogP contribution is 2.49. The van der Waals surface area contributed by atoms with Gasteiger partial charge in [0.25, 0.3) is 11.8 Å². The van der Waals surface area contributed by atoms with Crippen molar-refractivity contribution in [2.24, 2.45) is 5.92 Å². The third-order valence-corrected chi connectivity index (χ3v) is 9.82. The van der Waals surface area contributed by atoms with Crippen molar-refractivity contribution in [2.45, 2.75) is 57.3 Å². The van der Waals surface area contributed by atoms with Crippen LogP contribution in [0.2, 0.25) is 0 Å². The number of fused-ring (bicyclic) bond motifs is 3. The monoisotopic (exact) mass is 661 g/mol. The normalized spacial score (nSPS) is 18.6. The van der Waals surface area contributed by atoms with E-state index in [4.69, 9.17) is 5.10 Å². The molecular weight excluding hydrogens is 622 g/mol. The summed E-state index contributed by atoms with van der Waals surface area (Å²) < 4.78 is 2.16. The van der Waals surface area contributed by atoms with Crippen LogP contribution in [0.1, 0.15) is 77.1 Å². The minimum Gasteiger partial charge on any atom is -0.364 e. The van der Waals surface area contributed by atoms with E-state index in [0.717, 1.165) is 72.7 Å². The molecule has 3 aromatic heterocycles. The van der Waals surface area contributed by atoms with Crippen molar-refractivity contribution in [3.8, 4) is 11.1 Å². The van der Waals surface area contributed by atoms with Crippen molar-refractivity contribution in [2.75, 3.05) is 42.7 Å². The Labute approximate surface area is 283 Å². The molecule has 1 saturated heterocycles. The fraction of sp³-hybridized carbons (Fsp3) is 0.400. The zero-order chi connectivity index (χ0) is 33.8. The predicted octanol–water partition coefficient (Wildman–Crippen LogP) is 3.65. The van der Waals surface area contributed by atoms with Crippen LogP contribution in [0, 0.1) is 5.92 Å². The number of nitrogens with zero attached hydrogens (tertiary/aromatic N) is 7. The van der Waals surface area contributed by atoms with E-state index in [1.54, 1.807) is 19.2 Å². The number of benzene rings is 1. The first-order chi connectivity index (χ1) is 23.8. The number of likely N-dealkylation sites (tertiary alicyclic amines) is 1. The summed E-state index contributed by atoms with van der Waals surface area (Å²) >= 11 is 0. The van der Waals surface area contributed by atoms with Crippen LogP contribution in [0.15, 0.2) is 48.7 Å². The van der Waals surface area contributed by atoms with Gasteiger partial charge in [-0.25, -0.2) is 4.98 Å². The summed E-state index contributed by atoms with van der Waals surface area (Å²) in [6.07, 6.45) is 5.77. The van der Waals surface area contributed by atoms with Gasteiger partial charge in [-0.05, 0) is 50.8 Å². The molecule has 5 heterocycles. The molecule has 0 spiro atoms. The van der Waals surface area contributed by atoms with Crippen LogP contribution in [0.3, 0.4) is 0 Å². The summed E-state index contributed by atoms with van der Waals surface area (Å²) in [5.41, 5.74) is 6.92. The first-order valence-corrected chi connectivity index (χ1v) is 16.9. The number of carbonyl (C=O) groups excluding carboxylic acids is 3. The highest BCUT2D eigenvalue weighted by atomic mass is 16.2. The average molecular weight is 662 g/mol. The number of hydrogen-bond donors (Lipinski definition) is 4. The van der Waals surface area contributed by atoms with Crippen LogP contribution in [-0.2, 0) is 11.3 Å². The molecule has 2 saturated carbocycles. The predicted molar refractivity (Wildman–Crippen MR) is 184 cm³/mol. The molecule has 4 aromatic rings. The standard InChI is InChI=1S/C35H39N11O3/c1-19-31-25(15-37-46(31)23-17-45(18-23)16-22-6-4-9-27(38-22)34(48)39-21-12-13-21)24-7-5-8-26(32(24)44(19)3)40-28-14-29(41-33(47)20-10-11-20)42-43-30(28)35(49)36-2/h4-9,14-15,19-21,23H,10-13,16-18H2,1-3H3,(H,36,49)(H,39,48)(H2,40,41,42,47). The van der Waals surface area contributed by atoms with E-state index in [1.807, 2.05) is 30.5 Å². The number of para-hydroxylation sites is 1. The Morgan fingerprint density at radius 3 is 2.49 bits per heavy atom. The van der Waals surface area contributed by atoms with Crippen molar-refractivity contribution in [3.63, 3.8) is 0 Å². The third kappa shape index (κ3) is 5.96. The molecule has 3 amide bonds. The number of carbonyl (C=O) groups is 3. The van der Waals surface area contributed by atoms with Crippen molar-refractivity contribution in [3.05, 3.63) is 71.4 Å². The van der Waals surface area contributed by atoms with Crippen LogP contribution in [-0.4, -0.2) is 80.8 Å². The van der Waals surface area contributed by atoms with E-state index in [-0.39, 0.29) is 41.4 Å². The van der Waals surface area contributed by atoms with E-state index in [9.17, 15) is 14.4 Å².